The molecule has 0 spiro atoms. The van der Waals surface area contributed by atoms with Gasteiger partial charge in [0.05, 0.1) is 11.3 Å². The predicted octanol–water partition coefficient (Wildman–Crippen LogP) is 3.29. The molecule has 0 saturated heterocycles. The third-order valence-electron chi connectivity index (χ3n) is 2.23. The molecule has 4 nitrogen and oxygen atoms in total. The number of aromatic nitrogens is 1. The van der Waals surface area contributed by atoms with Crippen molar-refractivity contribution in [3.63, 3.8) is 0 Å². The van der Waals surface area contributed by atoms with E-state index >= 15 is 0 Å². The van der Waals surface area contributed by atoms with Crippen LogP contribution >= 0.6 is 15.9 Å². The number of hydrogen-bond acceptors (Lipinski definition) is 3. The Hall–Kier alpha value is -2.01. The van der Waals surface area contributed by atoms with Gasteiger partial charge >= 0.3 is 5.97 Å². The lowest BCUT2D eigenvalue weighted by Crippen LogP contribution is -1.94. The molecule has 1 heterocycles. The summed E-state index contributed by atoms with van der Waals surface area (Å²) in [5.74, 6) is -0.963. The minimum atomic E-state index is -0.963. The standard InChI is InChI=1S/C13H9BrN2O2/c14-12-10(4-2-6-15-12)8-16-11-5-1-3-9(7-11)13(17)18/h1-8H,(H,17,18). The highest BCUT2D eigenvalue weighted by atomic mass is 79.9. The van der Waals surface area contributed by atoms with Gasteiger partial charge in [-0.2, -0.15) is 0 Å². The number of rotatable bonds is 3. The number of carbonyl (C=O) groups is 1. The first-order valence-corrected chi connectivity index (χ1v) is 5.94. The summed E-state index contributed by atoms with van der Waals surface area (Å²) in [6, 6.07) is 10.1. The Morgan fingerprint density at radius 3 is 2.89 bits per heavy atom. The van der Waals surface area contributed by atoms with Crippen molar-refractivity contribution < 1.29 is 9.90 Å². The van der Waals surface area contributed by atoms with E-state index in [1.807, 2.05) is 6.07 Å². The first-order valence-electron chi connectivity index (χ1n) is 5.15. The lowest BCUT2D eigenvalue weighted by Gasteiger charge is -1.98. The van der Waals surface area contributed by atoms with Crippen LogP contribution in [0.15, 0.2) is 52.2 Å². The zero-order valence-electron chi connectivity index (χ0n) is 9.25. The van der Waals surface area contributed by atoms with E-state index in [4.69, 9.17) is 5.11 Å². The molecule has 0 fully saturated rings. The van der Waals surface area contributed by atoms with Crippen LogP contribution in [-0.4, -0.2) is 22.3 Å². The van der Waals surface area contributed by atoms with Crippen LogP contribution in [-0.2, 0) is 0 Å². The Balaban J connectivity index is 2.27. The number of pyridine rings is 1. The van der Waals surface area contributed by atoms with Gasteiger partial charge in [-0.1, -0.05) is 6.07 Å². The Morgan fingerprint density at radius 1 is 1.33 bits per heavy atom. The van der Waals surface area contributed by atoms with Gasteiger partial charge in [-0.15, -0.1) is 0 Å². The number of carboxylic acid groups (broad SMARTS) is 1. The lowest BCUT2D eigenvalue weighted by atomic mass is 10.2. The van der Waals surface area contributed by atoms with Crippen molar-refractivity contribution in [3.05, 3.63) is 58.3 Å². The topological polar surface area (TPSA) is 62.5 Å². The van der Waals surface area contributed by atoms with E-state index in [1.54, 1.807) is 30.6 Å². The van der Waals surface area contributed by atoms with Crippen LogP contribution in [0.5, 0.6) is 0 Å². The summed E-state index contributed by atoms with van der Waals surface area (Å²) < 4.78 is 0.697. The summed E-state index contributed by atoms with van der Waals surface area (Å²) >= 11 is 3.31. The summed E-state index contributed by atoms with van der Waals surface area (Å²) in [4.78, 5) is 19.1. The highest BCUT2D eigenvalue weighted by Gasteiger charge is 2.02. The number of carboxylic acids is 1. The quantitative estimate of drug-likeness (QED) is 0.699. The van der Waals surface area contributed by atoms with Gasteiger partial charge in [0.15, 0.2) is 0 Å². The third-order valence-corrected chi connectivity index (χ3v) is 2.90. The van der Waals surface area contributed by atoms with Crippen LogP contribution in [0.4, 0.5) is 5.69 Å². The molecule has 18 heavy (non-hydrogen) atoms. The number of hydrogen-bond donors (Lipinski definition) is 1. The van der Waals surface area contributed by atoms with Gasteiger partial charge in [0.1, 0.15) is 4.60 Å². The molecule has 0 aliphatic heterocycles. The van der Waals surface area contributed by atoms with Crippen LogP contribution in [0.1, 0.15) is 15.9 Å². The number of aromatic carboxylic acids is 1. The Kier molecular flexibility index (Phi) is 3.84. The number of halogens is 1. The van der Waals surface area contributed by atoms with Gasteiger partial charge in [-0.3, -0.25) is 4.99 Å². The average Bonchev–Trinajstić information content (AvgIpc) is 2.38. The van der Waals surface area contributed by atoms with E-state index in [2.05, 4.69) is 25.9 Å². The number of aliphatic imine (C=N–C) groups is 1. The van der Waals surface area contributed by atoms with E-state index in [-0.39, 0.29) is 5.56 Å². The molecule has 5 heteroatoms. The second-order valence-electron chi connectivity index (χ2n) is 3.50. The summed E-state index contributed by atoms with van der Waals surface area (Å²) in [5.41, 5.74) is 1.64. The van der Waals surface area contributed by atoms with Crippen molar-refractivity contribution in [1.29, 1.82) is 0 Å². The minimum Gasteiger partial charge on any atom is -0.478 e. The maximum absolute atomic E-state index is 10.8. The molecule has 0 saturated carbocycles. The molecule has 2 aromatic rings. The summed E-state index contributed by atoms with van der Waals surface area (Å²) in [6.07, 6.45) is 3.31. The molecule has 1 aromatic heterocycles. The summed E-state index contributed by atoms with van der Waals surface area (Å²) in [7, 11) is 0. The SMILES string of the molecule is O=C(O)c1cccc(N=Cc2cccnc2Br)c1. The van der Waals surface area contributed by atoms with E-state index in [0.29, 0.717) is 10.3 Å². The Labute approximate surface area is 112 Å². The fraction of sp³-hybridized carbons (Fsp3) is 0. The second-order valence-corrected chi connectivity index (χ2v) is 4.25. The minimum absolute atomic E-state index is 0.218. The number of nitrogens with zero attached hydrogens (tertiary/aromatic N) is 2. The molecular weight excluding hydrogens is 296 g/mol. The number of benzene rings is 1. The molecule has 0 aliphatic rings. The normalized spacial score (nSPS) is 10.7. The lowest BCUT2D eigenvalue weighted by molar-refractivity contribution is 0.0697. The van der Waals surface area contributed by atoms with E-state index in [0.717, 1.165) is 5.56 Å². The molecule has 0 aliphatic carbocycles. The predicted molar refractivity (Wildman–Crippen MR) is 72.6 cm³/mol. The molecule has 0 bridgehead atoms. The van der Waals surface area contributed by atoms with Crippen molar-refractivity contribution in [2.45, 2.75) is 0 Å². The van der Waals surface area contributed by atoms with E-state index in [1.165, 1.54) is 12.1 Å². The smallest absolute Gasteiger partial charge is 0.335 e. The van der Waals surface area contributed by atoms with Gasteiger partial charge in [-0.25, -0.2) is 9.78 Å². The van der Waals surface area contributed by atoms with Crippen molar-refractivity contribution >= 4 is 33.8 Å². The van der Waals surface area contributed by atoms with Gasteiger partial charge in [0.25, 0.3) is 0 Å². The van der Waals surface area contributed by atoms with E-state index < -0.39 is 5.97 Å². The van der Waals surface area contributed by atoms with Gasteiger partial charge in [0.2, 0.25) is 0 Å². The molecule has 90 valence electrons. The van der Waals surface area contributed by atoms with Crippen molar-refractivity contribution in [1.82, 2.24) is 4.98 Å². The van der Waals surface area contributed by atoms with Gasteiger partial charge in [0, 0.05) is 18.0 Å². The van der Waals surface area contributed by atoms with Crippen LogP contribution in [0.3, 0.4) is 0 Å². The fourth-order valence-corrected chi connectivity index (χ4v) is 1.71. The maximum Gasteiger partial charge on any atom is 0.335 e. The highest BCUT2D eigenvalue weighted by molar-refractivity contribution is 9.10. The third kappa shape index (κ3) is 3.01. The zero-order valence-corrected chi connectivity index (χ0v) is 10.8. The van der Waals surface area contributed by atoms with Crippen LogP contribution < -0.4 is 0 Å². The Bertz CT molecular complexity index is 611. The van der Waals surface area contributed by atoms with E-state index in [9.17, 15) is 4.79 Å². The first kappa shape index (κ1) is 12.4. The van der Waals surface area contributed by atoms with Gasteiger partial charge < -0.3 is 5.11 Å². The molecule has 1 N–H and O–H groups in total. The molecule has 0 radical (unpaired) electrons. The average molecular weight is 305 g/mol. The molecule has 0 unspecified atom stereocenters. The second kappa shape index (κ2) is 5.55. The zero-order chi connectivity index (χ0) is 13.0. The molecule has 1 aromatic carbocycles. The Morgan fingerprint density at radius 2 is 2.17 bits per heavy atom. The first-order chi connectivity index (χ1) is 8.66. The largest absolute Gasteiger partial charge is 0.478 e. The van der Waals surface area contributed by atoms with Crippen molar-refractivity contribution in [2.24, 2.45) is 4.99 Å². The summed E-state index contributed by atoms with van der Waals surface area (Å²) in [5, 5.41) is 8.87. The van der Waals surface area contributed by atoms with Crippen LogP contribution in [0.25, 0.3) is 0 Å². The van der Waals surface area contributed by atoms with Crippen molar-refractivity contribution in [3.8, 4) is 0 Å². The molecule has 0 atom stereocenters. The molecule has 2 rings (SSSR count). The monoisotopic (exact) mass is 304 g/mol. The summed E-state index contributed by atoms with van der Waals surface area (Å²) in [6.45, 7) is 0. The molecule has 0 amide bonds. The highest BCUT2D eigenvalue weighted by Crippen LogP contribution is 2.16. The molecular formula is C13H9BrN2O2. The maximum atomic E-state index is 10.8. The van der Waals surface area contributed by atoms with Crippen molar-refractivity contribution in [2.75, 3.05) is 0 Å². The van der Waals surface area contributed by atoms with Crippen LogP contribution in [0, 0.1) is 0 Å². The van der Waals surface area contributed by atoms with Crippen LogP contribution in [0.2, 0.25) is 0 Å². The van der Waals surface area contributed by atoms with Gasteiger partial charge in [-0.05, 0) is 46.3 Å². The fourth-order valence-electron chi connectivity index (χ4n) is 1.36.